The van der Waals surface area contributed by atoms with Crippen LogP contribution in [0.3, 0.4) is 0 Å². The van der Waals surface area contributed by atoms with Crippen molar-refractivity contribution in [2.45, 2.75) is 13.0 Å². The molecule has 0 radical (unpaired) electrons. The summed E-state index contributed by atoms with van der Waals surface area (Å²) in [5.41, 5.74) is -0.289. The predicted octanol–water partition coefficient (Wildman–Crippen LogP) is 1.90. The Morgan fingerprint density at radius 2 is 2.00 bits per heavy atom. The largest absolute Gasteiger partial charge is 0.392 e. The molecule has 2 N–H and O–H groups in total. The van der Waals surface area contributed by atoms with Crippen LogP contribution in [0, 0.1) is 17.5 Å². The van der Waals surface area contributed by atoms with Gasteiger partial charge in [0.15, 0.2) is 11.6 Å². The van der Waals surface area contributed by atoms with Gasteiger partial charge in [-0.05, 0) is 6.92 Å². The van der Waals surface area contributed by atoms with Gasteiger partial charge in [-0.2, -0.15) is 0 Å². The lowest BCUT2D eigenvalue weighted by Gasteiger charge is -2.09. The SMILES string of the molecule is C[C@@H](O)CNc1cc(F)cc(F)c1F. The summed E-state index contributed by atoms with van der Waals surface area (Å²) in [5, 5.41) is 11.3. The molecule has 0 amide bonds. The van der Waals surface area contributed by atoms with Crippen molar-refractivity contribution in [3.63, 3.8) is 0 Å². The molecule has 14 heavy (non-hydrogen) atoms. The molecule has 1 aromatic rings. The summed E-state index contributed by atoms with van der Waals surface area (Å²) in [6.07, 6.45) is -0.722. The number of anilines is 1. The average Bonchev–Trinajstić information content (AvgIpc) is 2.08. The van der Waals surface area contributed by atoms with E-state index in [0.29, 0.717) is 6.07 Å². The van der Waals surface area contributed by atoms with Crippen LogP contribution in [-0.2, 0) is 0 Å². The molecule has 0 saturated carbocycles. The van der Waals surface area contributed by atoms with E-state index >= 15 is 0 Å². The Morgan fingerprint density at radius 3 is 2.57 bits per heavy atom. The molecule has 1 aromatic carbocycles. The molecule has 1 rings (SSSR count). The van der Waals surface area contributed by atoms with Gasteiger partial charge in [-0.15, -0.1) is 0 Å². The predicted molar refractivity (Wildman–Crippen MR) is 46.5 cm³/mol. The standard InChI is InChI=1S/C9H10F3NO/c1-5(14)4-13-8-3-6(10)2-7(11)9(8)12/h2-3,5,13-14H,4H2,1H3/t5-/m1/s1. The molecule has 0 aromatic heterocycles. The molecule has 0 aliphatic heterocycles. The van der Waals surface area contributed by atoms with Crippen molar-refractivity contribution in [3.8, 4) is 0 Å². The second kappa shape index (κ2) is 4.32. The van der Waals surface area contributed by atoms with Gasteiger partial charge in [0, 0.05) is 18.7 Å². The van der Waals surface area contributed by atoms with E-state index in [0.717, 1.165) is 6.07 Å². The van der Waals surface area contributed by atoms with E-state index in [1.54, 1.807) is 0 Å². The van der Waals surface area contributed by atoms with Gasteiger partial charge in [0.2, 0.25) is 0 Å². The van der Waals surface area contributed by atoms with Crippen LogP contribution in [0.25, 0.3) is 0 Å². The van der Waals surface area contributed by atoms with E-state index in [9.17, 15) is 13.2 Å². The van der Waals surface area contributed by atoms with Gasteiger partial charge in [-0.3, -0.25) is 0 Å². The van der Waals surface area contributed by atoms with E-state index in [4.69, 9.17) is 5.11 Å². The van der Waals surface area contributed by atoms with Crippen LogP contribution in [0.1, 0.15) is 6.92 Å². The number of halogens is 3. The molecule has 0 unspecified atom stereocenters. The summed E-state index contributed by atoms with van der Waals surface area (Å²) >= 11 is 0. The lowest BCUT2D eigenvalue weighted by Crippen LogP contribution is -2.16. The number of aliphatic hydroxyl groups excluding tert-OH is 1. The van der Waals surface area contributed by atoms with Crippen molar-refractivity contribution in [2.75, 3.05) is 11.9 Å². The van der Waals surface area contributed by atoms with Crippen LogP contribution in [0.2, 0.25) is 0 Å². The zero-order valence-corrected chi connectivity index (χ0v) is 7.52. The minimum absolute atomic E-state index is 0.0276. The van der Waals surface area contributed by atoms with Gasteiger partial charge in [-0.1, -0.05) is 0 Å². The van der Waals surface area contributed by atoms with Gasteiger partial charge in [0.1, 0.15) is 5.82 Å². The number of aliphatic hydroxyl groups is 1. The maximum absolute atomic E-state index is 12.9. The second-order valence-corrected chi connectivity index (χ2v) is 2.98. The molecule has 0 saturated heterocycles. The van der Waals surface area contributed by atoms with Gasteiger partial charge < -0.3 is 10.4 Å². The Morgan fingerprint density at radius 1 is 1.36 bits per heavy atom. The molecule has 0 heterocycles. The molecular weight excluding hydrogens is 195 g/mol. The second-order valence-electron chi connectivity index (χ2n) is 2.98. The van der Waals surface area contributed by atoms with Crippen LogP contribution in [0.15, 0.2) is 12.1 Å². The van der Waals surface area contributed by atoms with Crippen molar-refractivity contribution >= 4 is 5.69 Å². The Labute approximate surface area is 79.4 Å². The summed E-state index contributed by atoms with van der Waals surface area (Å²) in [5.74, 6) is -3.26. The monoisotopic (exact) mass is 205 g/mol. The van der Waals surface area contributed by atoms with Crippen molar-refractivity contribution < 1.29 is 18.3 Å². The minimum atomic E-state index is -1.25. The van der Waals surface area contributed by atoms with Crippen molar-refractivity contribution in [3.05, 3.63) is 29.6 Å². The average molecular weight is 205 g/mol. The van der Waals surface area contributed by atoms with Gasteiger partial charge >= 0.3 is 0 Å². The highest BCUT2D eigenvalue weighted by molar-refractivity contribution is 5.45. The highest BCUT2D eigenvalue weighted by Crippen LogP contribution is 2.18. The third-order valence-electron chi connectivity index (χ3n) is 1.58. The summed E-state index contributed by atoms with van der Waals surface area (Å²) in [6.45, 7) is 1.50. The Bertz CT molecular complexity index is 328. The highest BCUT2D eigenvalue weighted by Gasteiger charge is 2.10. The Kier molecular flexibility index (Phi) is 3.35. The van der Waals surface area contributed by atoms with Crippen LogP contribution in [-0.4, -0.2) is 17.8 Å². The minimum Gasteiger partial charge on any atom is -0.392 e. The van der Waals surface area contributed by atoms with Crippen LogP contribution in [0.4, 0.5) is 18.9 Å². The summed E-state index contributed by atoms with van der Waals surface area (Å²) in [7, 11) is 0. The molecule has 0 bridgehead atoms. The third kappa shape index (κ3) is 2.63. The molecule has 0 spiro atoms. The molecule has 78 valence electrons. The first-order valence-corrected chi connectivity index (χ1v) is 4.07. The number of rotatable bonds is 3. The molecule has 1 atom stereocenters. The highest BCUT2D eigenvalue weighted by atomic mass is 19.2. The van der Waals surface area contributed by atoms with Crippen molar-refractivity contribution in [2.24, 2.45) is 0 Å². The molecular formula is C9H10F3NO. The zero-order chi connectivity index (χ0) is 10.7. The first-order chi connectivity index (χ1) is 6.50. The third-order valence-corrected chi connectivity index (χ3v) is 1.58. The fourth-order valence-corrected chi connectivity index (χ4v) is 0.942. The fourth-order valence-electron chi connectivity index (χ4n) is 0.942. The number of hydrogen-bond donors (Lipinski definition) is 2. The fraction of sp³-hybridized carbons (Fsp3) is 0.333. The molecule has 0 fully saturated rings. The molecule has 5 heteroatoms. The maximum atomic E-state index is 12.9. The van der Waals surface area contributed by atoms with Gasteiger partial charge in [0.05, 0.1) is 11.8 Å². The van der Waals surface area contributed by atoms with Gasteiger partial charge in [0.25, 0.3) is 0 Å². The zero-order valence-electron chi connectivity index (χ0n) is 7.52. The van der Waals surface area contributed by atoms with E-state index in [-0.39, 0.29) is 12.2 Å². The number of hydrogen-bond acceptors (Lipinski definition) is 2. The van der Waals surface area contributed by atoms with Crippen LogP contribution >= 0.6 is 0 Å². The molecule has 2 nitrogen and oxygen atoms in total. The summed E-state index contributed by atoms with van der Waals surface area (Å²) in [4.78, 5) is 0. The van der Waals surface area contributed by atoms with E-state index in [2.05, 4.69) is 5.32 Å². The van der Waals surface area contributed by atoms with Gasteiger partial charge in [-0.25, -0.2) is 13.2 Å². The van der Waals surface area contributed by atoms with E-state index < -0.39 is 23.6 Å². The number of nitrogens with one attached hydrogen (secondary N) is 1. The first kappa shape index (κ1) is 10.8. The first-order valence-electron chi connectivity index (χ1n) is 4.07. The summed E-state index contributed by atoms with van der Waals surface area (Å²) in [6, 6.07) is 1.30. The van der Waals surface area contributed by atoms with E-state index in [1.165, 1.54) is 6.92 Å². The Hall–Kier alpha value is -1.23. The number of benzene rings is 1. The summed E-state index contributed by atoms with van der Waals surface area (Å²) < 4.78 is 38.2. The lowest BCUT2D eigenvalue weighted by atomic mass is 10.2. The molecule has 0 aliphatic rings. The topological polar surface area (TPSA) is 32.3 Å². The van der Waals surface area contributed by atoms with Crippen LogP contribution < -0.4 is 5.32 Å². The van der Waals surface area contributed by atoms with Crippen molar-refractivity contribution in [1.29, 1.82) is 0 Å². The quantitative estimate of drug-likeness (QED) is 0.738. The smallest absolute Gasteiger partial charge is 0.182 e. The normalized spacial score (nSPS) is 12.6. The molecule has 0 aliphatic carbocycles. The Balaban J connectivity index is 2.85. The van der Waals surface area contributed by atoms with Crippen LogP contribution in [0.5, 0.6) is 0 Å². The van der Waals surface area contributed by atoms with Crippen molar-refractivity contribution in [1.82, 2.24) is 0 Å². The lowest BCUT2D eigenvalue weighted by molar-refractivity contribution is 0.208. The van der Waals surface area contributed by atoms with E-state index in [1.807, 2.05) is 0 Å². The maximum Gasteiger partial charge on any atom is 0.182 e.